The average Bonchev–Trinajstić information content (AvgIpc) is 3.25. The molecule has 1 amide bonds. The maximum Gasteiger partial charge on any atom is 0.250 e. The number of halogens is 1. The topological polar surface area (TPSA) is 99.9 Å². The lowest BCUT2D eigenvalue weighted by Crippen LogP contribution is -2.20. The molecule has 0 fully saturated rings. The Kier molecular flexibility index (Phi) is 8.72. The van der Waals surface area contributed by atoms with E-state index in [4.69, 9.17) is 14.2 Å². The lowest BCUT2D eigenvalue weighted by atomic mass is 10.2. The van der Waals surface area contributed by atoms with Crippen LogP contribution < -0.4 is 19.6 Å². The Hall–Kier alpha value is -3.05. The van der Waals surface area contributed by atoms with Crippen molar-refractivity contribution in [1.29, 1.82) is 0 Å². The van der Waals surface area contributed by atoms with Crippen molar-refractivity contribution >= 4 is 39.8 Å². The number of amides is 1. The van der Waals surface area contributed by atoms with Gasteiger partial charge in [-0.2, -0.15) is 5.10 Å². The second-order valence-corrected chi connectivity index (χ2v) is 8.39. The highest BCUT2D eigenvalue weighted by atomic mass is 79.9. The van der Waals surface area contributed by atoms with E-state index in [-0.39, 0.29) is 11.7 Å². The number of carbonyl (C=O) groups is 1. The molecule has 174 valence electrons. The van der Waals surface area contributed by atoms with Crippen LogP contribution >= 0.6 is 27.7 Å². The summed E-state index contributed by atoms with van der Waals surface area (Å²) in [6, 6.07) is 11.1. The number of aromatic nitrogens is 3. The van der Waals surface area contributed by atoms with Crippen molar-refractivity contribution in [2.75, 3.05) is 27.1 Å². The Morgan fingerprint density at radius 1 is 1.09 bits per heavy atom. The SMILES string of the molecule is CCn1c(SCC(=O)N/N=C/c2ccc(OC)c(Br)c2)nnc1-c1ccc(OC)c(OC)c1. The molecule has 0 saturated heterocycles. The summed E-state index contributed by atoms with van der Waals surface area (Å²) in [6.07, 6.45) is 1.57. The minimum absolute atomic E-state index is 0.147. The third-order valence-electron chi connectivity index (χ3n) is 4.59. The molecule has 0 aliphatic heterocycles. The molecule has 33 heavy (non-hydrogen) atoms. The average molecular weight is 534 g/mol. The first-order valence-corrected chi connectivity index (χ1v) is 11.7. The van der Waals surface area contributed by atoms with Crippen molar-refractivity contribution in [3.05, 3.63) is 46.4 Å². The highest BCUT2D eigenvalue weighted by molar-refractivity contribution is 9.10. The predicted octanol–water partition coefficient (Wildman–Crippen LogP) is 4.00. The fourth-order valence-corrected chi connectivity index (χ4v) is 4.33. The zero-order chi connectivity index (χ0) is 23.8. The highest BCUT2D eigenvalue weighted by Gasteiger charge is 2.16. The number of hydrogen-bond acceptors (Lipinski definition) is 8. The number of thioether (sulfide) groups is 1. The number of hydrazone groups is 1. The van der Waals surface area contributed by atoms with E-state index in [0.717, 1.165) is 21.3 Å². The molecular formula is C22H24BrN5O4S. The van der Waals surface area contributed by atoms with Gasteiger partial charge in [-0.3, -0.25) is 4.79 Å². The lowest BCUT2D eigenvalue weighted by Gasteiger charge is -2.10. The molecule has 0 aliphatic carbocycles. The van der Waals surface area contributed by atoms with Crippen LogP contribution in [-0.2, 0) is 11.3 Å². The predicted molar refractivity (Wildman–Crippen MR) is 131 cm³/mol. The van der Waals surface area contributed by atoms with Gasteiger partial charge in [0.2, 0.25) is 0 Å². The summed E-state index contributed by atoms with van der Waals surface area (Å²) >= 11 is 4.71. The summed E-state index contributed by atoms with van der Waals surface area (Å²) in [7, 11) is 4.77. The first-order valence-electron chi connectivity index (χ1n) is 9.94. The zero-order valence-electron chi connectivity index (χ0n) is 18.7. The quantitative estimate of drug-likeness (QED) is 0.239. The van der Waals surface area contributed by atoms with Crippen LogP contribution in [0.3, 0.4) is 0 Å². The minimum Gasteiger partial charge on any atom is -0.496 e. The second-order valence-electron chi connectivity index (χ2n) is 6.60. The van der Waals surface area contributed by atoms with Gasteiger partial charge in [0.05, 0.1) is 37.8 Å². The molecule has 1 N–H and O–H groups in total. The molecule has 0 bridgehead atoms. The van der Waals surface area contributed by atoms with Gasteiger partial charge in [-0.05, 0) is 64.8 Å². The number of methoxy groups -OCH3 is 3. The van der Waals surface area contributed by atoms with Crippen LogP contribution in [0.1, 0.15) is 12.5 Å². The first kappa shape index (κ1) is 24.6. The fraction of sp³-hybridized carbons (Fsp3) is 0.273. The van der Waals surface area contributed by atoms with Crippen LogP contribution in [0.15, 0.2) is 51.1 Å². The molecule has 0 aliphatic rings. The van der Waals surface area contributed by atoms with Crippen molar-refractivity contribution < 1.29 is 19.0 Å². The standard InChI is InChI=1S/C22H24BrN5O4S/c1-5-28-21(15-7-9-18(31-3)19(11-15)32-4)26-27-22(28)33-13-20(29)25-24-12-14-6-8-17(30-2)16(23)10-14/h6-12H,5,13H2,1-4H3,(H,25,29)/b24-12+. The summed E-state index contributed by atoms with van der Waals surface area (Å²) in [5.41, 5.74) is 4.19. The molecule has 1 heterocycles. The van der Waals surface area contributed by atoms with Crippen molar-refractivity contribution in [3.8, 4) is 28.6 Å². The van der Waals surface area contributed by atoms with Gasteiger partial charge in [0.25, 0.3) is 5.91 Å². The van der Waals surface area contributed by atoms with Crippen molar-refractivity contribution in [2.24, 2.45) is 5.10 Å². The maximum absolute atomic E-state index is 12.2. The van der Waals surface area contributed by atoms with Gasteiger partial charge in [0.15, 0.2) is 22.5 Å². The molecule has 1 aromatic heterocycles. The van der Waals surface area contributed by atoms with Crippen LogP contribution in [-0.4, -0.2) is 54.0 Å². The van der Waals surface area contributed by atoms with Gasteiger partial charge in [0.1, 0.15) is 5.75 Å². The number of rotatable bonds is 10. The van der Waals surface area contributed by atoms with Crippen LogP contribution in [0, 0.1) is 0 Å². The zero-order valence-corrected chi connectivity index (χ0v) is 21.1. The number of nitrogens with one attached hydrogen (secondary N) is 1. The number of ether oxygens (including phenoxy) is 3. The molecule has 0 atom stereocenters. The van der Waals surface area contributed by atoms with Crippen LogP contribution in [0.25, 0.3) is 11.4 Å². The van der Waals surface area contributed by atoms with Crippen molar-refractivity contribution in [1.82, 2.24) is 20.2 Å². The molecule has 3 aromatic rings. The summed E-state index contributed by atoms with van der Waals surface area (Å²) in [5.74, 6) is 2.55. The van der Waals surface area contributed by atoms with E-state index >= 15 is 0 Å². The number of benzene rings is 2. The smallest absolute Gasteiger partial charge is 0.250 e. The van der Waals surface area contributed by atoms with Gasteiger partial charge in [-0.1, -0.05) is 11.8 Å². The second kappa shape index (κ2) is 11.7. The van der Waals surface area contributed by atoms with E-state index in [2.05, 4.69) is 36.7 Å². The normalized spacial score (nSPS) is 10.9. The molecular weight excluding hydrogens is 510 g/mol. The largest absolute Gasteiger partial charge is 0.496 e. The van der Waals surface area contributed by atoms with E-state index in [9.17, 15) is 4.79 Å². The van der Waals surface area contributed by atoms with Crippen molar-refractivity contribution in [2.45, 2.75) is 18.6 Å². The van der Waals surface area contributed by atoms with Gasteiger partial charge in [-0.25, -0.2) is 5.43 Å². The molecule has 3 rings (SSSR count). The van der Waals surface area contributed by atoms with Gasteiger partial charge >= 0.3 is 0 Å². The summed E-state index contributed by atoms with van der Waals surface area (Å²) < 4.78 is 18.6. The van der Waals surface area contributed by atoms with Crippen molar-refractivity contribution in [3.63, 3.8) is 0 Å². The molecule has 0 saturated carbocycles. The van der Waals surface area contributed by atoms with Gasteiger partial charge < -0.3 is 18.8 Å². The molecule has 0 radical (unpaired) electrons. The monoisotopic (exact) mass is 533 g/mol. The lowest BCUT2D eigenvalue weighted by molar-refractivity contribution is -0.118. The third-order valence-corrected chi connectivity index (χ3v) is 6.17. The maximum atomic E-state index is 12.2. The number of hydrogen-bond donors (Lipinski definition) is 1. The molecule has 0 unspecified atom stereocenters. The van der Waals surface area contributed by atoms with Crippen LogP contribution in [0.2, 0.25) is 0 Å². The van der Waals surface area contributed by atoms with Crippen LogP contribution in [0.5, 0.6) is 17.2 Å². The number of nitrogens with zero attached hydrogens (tertiary/aromatic N) is 4. The third kappa shape index (κ3) is 6.05. The van der Waals surface area contributed by atoms with E-state index in [0.29, 0.717) is 29.0 Å². The Morgan fingerprint density at radius 2 is 1.82 bits per heavy atom. The first-order chi connectivity index (χ1) is 16.0. The van der Waals surface area contributed by atoms with E-state index in [1.165, 1.54) is 11.8 Å². The molecule has 11 heteroatoms. The summed E-state index contributed by atoms with van der Waals surface area (Å²) in [4.78, 5) is 12.2. The Labute approximate surface area is 204 Å². The van der Waals surface area contributed by atoms with E-state index in [1.54, 1.807) is 27.5 Å². The fourth-order valence-electron chi connectivity index (χ4n) is 2.97. The van der Waals surface area contributed by atoms with Gasteiger partial charge in [0, 0.05) is 12.1 Å². The van der Waals surface area contributed by atoms with Gasteiger partial charge in [-0.15, -0.1) is 10.2 Å². The summed E-state index contributed by atoms with van der Waals surface area (Å²) in [6.45, 7) is 2.64. The molecule has 0 spiro atoms. The molecule has 2 aromatic carbocycles. The van der Waals surface area contributed by atoms with Crippen LogP contribution in [0.4, 0.5) is 0 Å². The highest BCUT2D eigenvalue weighted by Crippen LogP contribution is 2.32. The Bertz CT molecular complexity index is 1150. The molecule has 9 nitrogen and oxygen atoms in total. The summed E-state index contributed by atoms with van der Waals surface area (Å²) in [5, 5.41) is 13.2. The number of carbonyl (C=O) groups excluding carboxylic acids is 1. The van der Waals surface area contributed by atoms with E-state index < -0.39 is 0 Å². The Balaban J connectivity index is 1.63. The van der Waals surface area contributed by atoms with E-state index in [1.807, 2.05) is 47.9 Å². The minimum atomic E-state index is -0.248. The Morgan fingerprint density at radius 3 is 2.48 bits per heavy atom.